The van der Waals surface area contributed by atoms with E-state index in [-0.39, 0.29) is 17.1 Å². The van der Waals surface area contributed by atoms with Crippen LogP contribution in [0.2, 0.25) is 0 Å². The second kappa shape index (κ2) is 9.50. The third-order valence-corrected chi connectivity index (χ3v) is 5.43. The van der Waals surface area contributed by atoms with E-state index in [1.165, 1.54) is 4.80 Å². The number of aromatic nitrogens is 3. The van der Waals surface area contributed by atoms with Crippen molar-refractivity contribution in [3.05, 3.63) is 47.5 Å². The number of phenolic OH excluding ortho intramolecular Hbond substituents is 1. The molecule has 31 heavy (non-hydrogen) atoms. The number of amides is 1. The number of aromatic hydroxyl groups is 1. The number of rotatable bonds is 8. The minimum Gasteiger partial charge on any atom is -0.505 e. The Labute approximate surface area is 184 Å². The zero-order valence-electron chi connectivity index (χ0n) is 19.4. The summed E-state index contributed by atoms with van der Waals surface area (Å²) in [6, 6.07) is 11.6. The number of nitrogens with zero attached hydrogens (tertiary/aromatic N) is 4. The summed E-state index contributed by atoms with van der Waals surface area (Å²) in [6.45, 7) is 12.0. The zero-order chi connectivity index (χ0) is 22.6. The number of aryl methyl sites for hydroxylation is 1. The lowest BCUT2D eigenvalue weighted by Gasteiger charge is -2.24. The van der Waals surface area contributed by atoms with Gasteiger partial charge in [-0.05, 0) is 48.4 Å². The molecule has 1 N–H and O–H groups in total. The summed E-state index contributed by atoms with van der Waals surface area (Å²) in [4.78, 5) is 16.2. The van der Waals surface area contributed by atoms with Crippen molar-refractivity contribution in [2.75, 3.05) is 13.1 Å². The van der Waals surface area contributed by atoms with Gasteiger partial charge >= 0.3 is 0 Å². The highest BCUT2D eigenvalue weighted by atomic mass is 16.3. The topological polar surface area (TPSA) is 71.2 Å². The van der Waals surface area contributed by atoms with E-state index < -0.39 is 0 Å². The second-order valence-corrected chi connectivity index (χ2v) is 9.12. The molecular formula is C25H34N4O2. The Morgan fingerprint density at radius 1 is 1.03 bits per heavy atom. The lowest BCUT2D eigenvalue weighted by Crippen LogP contribution is -2.32. The highest BCUT2D eigenvalue weighted by molar-refractivity contribution is 5.76. The van der Waals surface area contributed by atoms with Gasteiger partial charge in [-0.25, -0.2) is 0 Å². The van der Waals surface area contributed by atoms with E-state index in [0.717, 1.165) is 48.1 Å². The van der Waals surface area contributed by atoms with Crippen molar-refractivity contribution in [3.63, 3.8) is 0 Å². The Morgan fingerprint density at radius 2 is 1.61 bits per heavy atom. The van der Waals surface area contributed by atoms with E-state index in [9.17, 15) is 9.90 Å². The van der Waals surface area contributed by atoms with Crippen molar-refractivity contribution >= 4 is 16.9 Å². The first-order valence-corrected chi connectivity index (χ1v) is 11.2. The fraction of sp³-hybridized carbons (Fsp3) is 0.480. The monoisotopic (exact) mass is 422 g/mol. The number of carbonyl (C=O) groups is 1. The van der Waals surface area contributed by atoms with Crippen molar-refractivity contribution in [1.82, 2.24) is 19.9 Å². The van der Waals surface area contributed by atoms with E-state index in [2.05, 4.69) is 44.8 Å². The average molecular weight is 423 g/mol. The highest BCUT2D eigenvalue weighted by Gasteiger charge is 2.23. The number of hydrogen-bond acceptors (Lipinski definition) is 4. The molecular weight excluding hydrogens is 388 g/mol. The molecule has 1 heterocycles. The molecule has 3 rings (SSSR count). The number of phenols is 1. The molecule has 0 aliphatic heterocycles. The van der Waals surface area contributed by atoms with E-state index in [4.69, 9.17) is 0 Å². The van der Waals surface area contributed by atoms with Crippen molar-refractivity contribution in [1.29, 1.82) is 0 Å². The second-order valence-electron chi connectivity index (χ2n) is 9.12. The molecule has 2 aromatic carbocycles. The van der Waals surface area contributed by atoms with Crippen LogP contribution in [0.25, 0.3) is 16.7 Å². The zero-order valence-corrected chi connectivity index (χ0v) is 19.4. The van der Waals surface area contributed by atoms with Gasteiger partial charge in [-0.2, -0.15) is 0 Å². The molecule has 1 aromatic heterocycles. The summed E-state index contributed by atoms with van der Waals surface area (Å²) in [7, 11) is 0. The summed E-state index contributed by atoms with van der Waals surface area (Å²) >= 11 is 0. The van der Waals surface area contributed by atoms with Crippen LogP contribution in [-0.4, -0.2) is 44.0 Å². The SMILES string of the molecule is CCCN(CCC)C(=O)CCc1cc(-n2nc3ccccc3n2)c(O)c(C(C)(C)C)c1. The third-order valence-electron chi connectivity index (χ3n) is 5.43. The predicted octanol–water partition coefficient (Wildman–Crippen LogP) is 5.00. The van der Waals surface area contributed by atoms with Crippen LogP contribution in [0.5, 0.6) is 5.75 Å². The van der Waals surface area contributed by atoms with E-state index in [1.54, 1.807) is 0 Å². The molecule has 0 saturated carbocycles. The van der Waals surface area contributed by atoms with E-state index in [0.29, 0.717) is 18.5 Å². The first kappa shape index (κ1) is 22.8. The Kier molecular flexibility index (Phi) is 6.98. The molecule has 0 atom stereocenters. The van der Waals surface area contributed by atoms with Gasteiger partial charge in [0.05, 0.1) is 0 Å². The summed E-state index contributed by atoms with van der Waals surface area (Å²) < 4.78 is 0. The Bertz CT molecular complexity index is 1010. The van der Waals surface area contributed by atoms with E-state index >= 15 is 0 Å². The molecule has 0 radical (unpaired) electrons. The smallest absolute Gasteiger partial charge is 0.222 e. The molecule has 0 saturated heterocycles. The fourth-order valence-corrected chi connectivity index (χ4v) is 3.82. The van der Waals surface area contributed by atoms with Gasteiger partial charge < -0.3 is 10.0 Å². The number of fused-ring (bicyclic) bond motifs is 1. The molecule has 0 aliphatic rings. The number of carbonyl (C=O) groups excluding carboxylic acids is 1. The average Bonchev–Trinajstić information content (AvgIpc) is 3.15. The van der Waals surface area contributed by atoms with Crippen LogP contribution in [0, 0.1) is 0 Å². The lowest BCUT2D eigenvalue weighted by atomic mass is 9.84. The van der Waals surface area contributed by atoms with Crippen LogP contribution in [0.15, 0.2) is 36.4 Å². The number of benzene rings is 2. The molecule has 6 heteroatoms. The van der Waals surface area contributed by atoms with Gasteiger partial charge in [0, 0.05) is 25.1 Å². The van der Waals surface area contributed by atoms with Gasteiger partial charge in [0.2, 0.25) is 5.91 Å². The van der Waals surface area contributed by atoms with Gasteiger partial charge in [-0.3, -0.25) is 4.79 Å². The van der Waals surface area contributed by atoms with Crippen molar-refractivity contribution < 1.29 is 9.90 Å². The van der Waals surface area contributed by atoms with Gasteiger partial charge in [0.25, 0.3) is 0 Å². The van der Waals surface area contributed by atoms with Crippen molar-refractivity contribution in [2.24, 2.45) is 0 Å². The molecule has 0 spiro atoms. The molecule has 0 bridgehead atoms. The summed E-state index contributed by atoms with van der Waals surface area (Å²) in [5, 5.41) is 20.2. The Morgan fingerprint density at radius 3 is 2.13 bits per heavy atom. The first-order chi connectivity index (χ1) is 14.7. The van der Waals surface area contributed by atoms with Gasteiger partial charge in [0.15, 0.2) is 0 Å². The van der Waals surface area contributed by atoms with Crippen LogP contribution < -0.4 is 0 Å². The number of hydrogen-bond donors (Lipinski definition) is 1. The molecule has 6 nitrogen and oxygen atoms in total. The third kappa shape index (κ3) is 5.24. The minimum atomic E-state index is -0.262. The predicted molar refractivity (Wildman–Crippen MR) is 125 cm³/mol. The normalized spacial score (nSPS) is 11.8. The van der Waals surface area contributed by atoms with Crippen LogP contribution >= 0.6 is 0 Å². The molecule has 0 aliphatic carbocycles. The Hall–Kier alpha value is -2.89. The van der Waals surface area contributed by atoms with Crippen LogP contribution in [0.1, 0.15) is 65.0 Å². The maximum atomic E-state index is 12.8. The van der Waals surface area contributed by atoms with Crippen molar-refractivity contribution in [2.45, 2.75) is 65.7 Å². The van der Waals surface area contributed by atoms with E-state index in [1.807, 2.05) is 41.3 Å². The molecule has 3 aromatic rings. The standard InChI is InChI=1S/C25H34N4O2/c1-6-14-28(15-7-2)23(30)13-12-18-16-19(25(3,4)5)24(31)22(17-18)29-26-20-10-8-9-11-21(20)27-29/h8-11,16-17,31H,6-7,12-15H2,1-5H3. The minimum absolute atomic E-state index is 0.179. The molecule has 0 unspecified atom stereocenters. The largest absolute Gasteiger partial charge is 0.505 e. The van der Waals surface area contributed by atoms with Crippen molar-refractivity contribution in [3.8, 4) is 11.4 Å². The van der Waals surface area contributed by atoms with Gasteiger partial charge in [0.1, 0.15) is 22.5 Å². The Balaban J connectivity index is 1.95. The maximum absolute atomic E-state index is 12.8. The summed E-state index contributed by atoms with van der Waals surface area (Å²) in [5.74, 6) is 0.361. The van der Waals surface area contributed by atoms with Crippen LogP contribution in [0.4, 0.5) is 0 Å². The fourth-order valence-electron chi connectivity index (χ4n) is 3.82. The summed E-state index contributed by atoms with van der Waals surface area (Å²) in [6.07, 6.45) is 2.98. The molecule has 0 fully saturated rings. The lowest BCUT2D eigenvalue weighted by molar-refractivity contribution is -0.131. The maximum Gasteiger partial charge on any atom is 0.222 e. The first-order valence-electron chi connectivity index (χ1n) is 11.2. The quantitative estimate of drug-likeness (QED) is 0.554. The van der Waals surface area contributed by atoms with Crippen LogP contribution in [-0.2, 0) is 16.6 Å². The summed E-state index contributed by atoms with van der Waals surface area (Å²) in [5.41, 5.74) is 3.66. The molecule has 166 valence electrons. The highest BCUT2D eigenvalue weighted by Crippen LogP contribution is 2.36. The van der Waals surface area contributed by atoms with Crippen LogP contribution in [0.3, 0.4) is 0 Å². The molecule has 1 amide bonds. The van der Waals surface area contributed by atoms with Gasteiger partial charge in [-0.15, -0.1) is 15.0 Å². The van der Waals surface area contributed by atoms with Gasteiger partial charge in [-0.1, -0.05) is 52.8 Å².